The quantitative estimate of drug-likeness (QED) is 0.389. The van der Waals surface area contributed by atoms with Crippen molar-refractivity contribution >= 4 is 11.5 Å². The first-order chi connectivity index (χ1) is 13.2. The van der Waals surface area contributed by atoms with Crippen LogP contribution in [0.5, 0.6) is 0 Å². The Morgan fingerprint density at radius 1 is 0.889 bits per heavy atom. The Labute approximate surface area is 160 Å². The second-order valence-electron chi connectivity index (χ2n) is 6.26. The van der Waals surface area contributed by atoms with E-state index in [1.807, 2.05) is 72.8 Å². The van der Waals surface area contributed by atoms with Gasteiger partial charge in [0.15, 0.2) is 5.78 Å². The summed E-state index contributed by atoms with van der Waals surface area (Å²) in [5.74, 6) is 0.0176. The molecule has 1 N–H and O–H groups in total. The summed E-state index contributed by atoms with van der Waals surface area (Å²) < 4.78 is 0. The number of nitrogens with one attached hydrogen (secondary N) is 1. The van der Waals surface area contributed by atoms with Gasteiger partial charge in [-0.3, -0.25) is 4.79 Å². The number of carbonyl (C=O) groups excluding carboxylic acids is 1. The number of carbonyl (C=O) groups is 1. The Morgan fingerprint density at radius 3 is 2.26 bits per heavy atom. The monoisotopic (exact) mass is 353 g/mol. The Hall–Kier alpha value is -3.39. The van der Waals surface area contributed by atoms with E-state index in [9.17, 15) is 4.79 Å². The largest absolute Gasteiger partial charge is 0.359 e. The zero-order chi connectivity index (χ0) is 19.1. The first-order valence-electron chi connectivity index (χ1n) is 9.10. The molecule has 0 atom stereocenters. The summed E-state index contributed by atoms with van der Waals surface area (Å²) in [5.41, 5.74) is 5.55. The number of benzene rings is 3. The number of allylic oxidation sites excluding steroid dienone is 3. The van der Waals surface area contributed by atoms with Crippen molar-refractivity contribution < 1.29 is 4.79 Å². The van der Waals surface area contributed by atoms with E-state index in [0.29, 0.717) is 11.1 Å². The van der Waals surface area contributed by atoms with Gasteiger partial charge in [-0.25, -0.2) is 0 Å². The highest BCUT2D eigenvalue weighted by molar-refractivity contribution is 6.09. The van der Waals surface area contributed by atoms with Crippen molar-refractivity contribution in [3.8, 4) is 11.1 Å². The molecule has 0 radical (unpaired) electrons. The van der Waals surface area contributed by atoms with Gasteiger partial charge in [0.1, 0.15) is 0 Å². The fourth-order valence-corrected chi connectivity index (χ4v) is 2.93. The molecule has 0 aromatic heterocycles. The van der Waals surface area contributed by atoms with Crippen molar-refractivity contribution in [2.24, 2.45) is 0 Å². The molecule has 0 heterocycles. The summed E-state index contributed by atoms with van der Waals surface area (Å²) >= 11 is 0. The van der Waals surface area contributed by atoms with Gasteiger partial charge in [-0.1, -0.05) is 86.3 Å². The fourth-order valence-electron chi connectivity index (χ4n) is 2.93. The average Bonchev–Trinajstić information content (AvgIpc) is 2.74. The maximum absolute atomic E-state index is 12.9. The molecular weight excluding hydrogens is 330 g/mol. The molecule has 0 amide bonds. The molecule has 0 unspecified atom stereocenters. The number of ketones is 1. The standard InChI is InChI=1S/C25H23NO/c1-3-9-23(4-2)26-24-13-8-12-22(18-24)25(27)21-16-14-20(15-17-21)19-10-6-5-7-11-19/h3,5-18,26H,1,4H2,2H3/b23-9+. The smallest absolute Gasteiger partial charge is 0.193 e. The molecule has 0 saturated heterocycles. The van der Waals surface area contributed by atoms with Gasteiger partial charge >= 0.3 is 0 Å². The molecule has 2 heteroatoms. The van der Waals surface area contributed by atoms with E-state index >= 15 is 0 Å². The minimum Gasteiger partial charge on any atom is -0.359 e. The summed E-state index contributed by atoms with van der Waals surface area (Å²) in [6.45, 7) is 5.81. The molecule has 0 aliphatic carbocycles. The third kappa shape index (κ3) is 4.62. The lowest BCUT2D eigenvalue weighted by Gasteiger charge is -2.10. The average molecular weight is 353 g/mol. The van der Waals surface area contributed by atoms with Crippen molar-refractivity contribution in [3.63, 3.8) is 0 Å². The normalized spacial score (nSPS) is 11.1. The van der Waals surface area contributed by atoms with Crippen molar-refractivity contribution in [2.45, 2.75) is 13.3 Å². The van der Waals surface area contributed by atoms with Gasteiger partial charge in [0.05, 0.1) is 0 Å². The molecule has 0 bridgehead atoms. The Morgan fingerprint density at radius 2 is 1.59 bits per heavy atom. The summed E-state index contributed by atoms with van der Waals surface area (Å²) in [6.07, 6.45) is 4.57. The fraction of sp³-hybridized carbons (Fsp3) is 0.0800. The molecule has 0 aliphatic rings. The molecule has 27 heavy (non-hydrogen) atoms. The Kier molecular flexibility index (Phi) is 6.01. The Balaban J connectivity index is 1.80. The number of rotatable bonds is 7. The third-order valence-electron chi connectivity index (χ3n) is 4.38. The van der Waals surface area contributed by atoms with E-state index in [1.165, 1.54) is 0 Å². The van der Waals surface area contributed by atoms with Gasteiger partial charge in [-0.05, 0) is 35.8 Å². The summed E-state index contributed by atoms with van der Waals surface area (Å²) in [4.78, 5) is 12.9. The lowest BCUT2D eigenvalue weighted by atomic mass is 9.99. The molecule has 3 rings (SSSR count). The molecule has 0 aliphatic heterocycles. The van der Waals surface area contributed by atoms with Crippen LogP contribution in [-0.4, -0.2) is 5.78 Å². The van der Waals surface area contributed by atoms with Crippen LogP contribution in [0.4, 0.5) is 5.69 Å². The minimum absolute atomic E-state index is 0.0176. The van der Waals surface area contributed by atoms with Crippen LogP contribution in [0.25, 0.3) is 11.1 Å². The van der Waals surface area contributed by atoms with Gasteiger partial charge in [0.25, 0.3) is 0 Å². The van der Waals surface area contributed by atoms with Crippen LogP contribution in [0, 0.1) is 0 Å². The second-order valence-corrected chi connectivity index (χ2v) is 6.26. The number of hydrogen-bond donors (Lipinski definition) is 1. The van der Waals surface area contributed by atoms with E-state index in [-0.39, 0.29) is 5.78 Å². The maximum Gasteiger partial charge on any atom is 0.193 e. The van der Waals surface area contributed by atoms with Gasteiger partial charge in [0, 0.05) is 22.5 Å². The van der Waals surface area contributed by atoms with Crippen molar-refractivity contribution in [3.05, 3.63) is 114 Å². The summed E-state index contributed by atoms with van der Waals surface area (Å²) in [5, 5.41) is 3.34. The molecule has 0 spiro atoms. The predicted molar refractivity (Wildman–Crippen MR) is 114 cm³/mol. The van der Waals surface area contributed by atoms with E-state index in [2.05, 4.69) is 31.0 Å². The van der Waals surface area contributed by atoms with Crippen LogP contribution in [0.1, 0.15) is 29.3 Å². The second kappa shape index (κ2) is 8.81. The molecule has 0 fully saturated rings. The highest BCUT2D eigenvalue weighted by atomic mass is 16.1. The van der Waals surface area contributed by atoms with Crippen LogP contribution in [0.3, 0.4) is 0 Å². The maximum atomic E-state index is 12.9. The van der Waals surface area contributed by atoms with E-state index in [1.54, 1.807) is 6.08 Å². The topological polar surface area (TPSA) is 29.1 Å². The van der Waals surface area contributed by atoms with Crippen molar-refractivity contribution in [2.75, 3.05) is 5.32 Å². The summed E-state index contributed by atoms with van der Waals surface area (Å²) in [7, 11) is 0. The zero-order valence-corrected chi connectivity index (χ0v) is 15.5. The lowest BCUT2D eigenvalue weighted by molar-refractivity contribution is 0.103. The SMILES string of the molecule is C=C/C=C(\CC)Nc1cccc(C(=O)c2ccc(-c3ccccc3)cc2)c1. The highest BCUT2D eigenvalue weighted by Crippen LogP contribution is 2.22. The van der Waals surface area contributed by atoms with Crippen LogP contribution >= 0.6 is 0 Å². The van der Waals surface area contributed by atoms with Gasteiger partial charge in [-0.2, -0.15) is 0 Å². The van der Waals surface area contributed by atoms with Gasteiger partial charge < -0.3 is 5.32 Å². The lowest BCUT2D eigenvalue weighted by Crippen LogP contribution is -2.03. The molecule has 2 nitrogen and oxygen atoms in total. The predicted octanol–water partition coefficient (Wildman–Crippen LogP) is 6.48. The van der Waals surface area contributed by atoms with E-state index in [0.717, 1.165) is 28.9 Å². The molecular formula is C25H23NO. The van der Waals surface area contributed by atoms with Crippen LogP contribution in [-0.2, 0) is 0 Å². The van der Waals surface area contributed by atoms with Gasteiger partial charge in [0.2, 0.25) is 0 Å². The Bertz CT molecular complexity index is 953. The van der Waals surface area contributed by atoms with Gasteiger partial charge in [-0.15, -0.1) is 0 Å². The first kappa shape index (κ1) is 18.4. The molecule has 3 aromatic rings. The van der Waals surface area contributed by atoms with E-state index in [4.69, 9.17) is 0 Å². The third-order valence-corrected chi connectivity index (χ3v) is 4.38. The number of hydrogen-bond acceptors (Lipinski definition) is 2. The van der Waals surface area contributed by atoms with Crippen LogP contribution in [0.2, 0.25) is 0 Å². The molecule has 134 valence electrons. The zero-order valence-electron chi connectivity index (χ0n) is 15.5. The minimum atomic E-state index is 0.0176. The number of anilines is 1. The van der Waals surface area contributed by atoms with Crippen molar-refractivity contribution in [1.82, 2.24) is 0 Å². The first-order valence-corrected chi connectivity index (χ1v) is 9.10. The highest BCUT2D eigenvalue weighted by Gasteiger charge is 2.10. The molecule has 0 saturated carbocycles. The van der Waals surface area contributed by atoms with E-state index < -0.39 is 0 Å². The molecule has 3 aromatic carbocycles. The van der Waals surface area contributed by atoms with Crippen LogP contribution in [0.15, 0.2) is 103 Å². The summed E-state index contributed by atoms with van der Waals surface area (Å²) in [6, 6.07) is 25.5. The van der Waals surface area contributed by atoms with Crippen molar-refractivity contribution in [1.29, 1.82) is 0 Å². The van der Waals surface area contributed by atoms with Crippen LogP contribution < -0.4 is 5.32 Å².